The van der Waals surface area contributed by atoms with E-state index in [1.807, 2.05) is 0 Å². The van der Waals surface area contributed by atoms with Gasteiger partial charge >= 0.3 is 0 Å². The fourth-order valence-electron chi connectivity index (χ4n) is 0.807. The Balaban J connectivity index is 3.23. The third-order valence-corrected chi connectivity index (χ3v) is 1.81. The van der Waals surface area contributed by atoms with Crippen LogP contribution in [0.3, 0.4) is 0 Å². The van der Waals surface area contributed by atoms with Gasteiger partial charge in [0.2, 0.25) is 0 Å². The fraction of sp³-hybridized carbons (Fsp3) is 0.333. The summed E-state index contributed by atoms with van der Waals surface area (Å²) in [5.41, 5.74) is 0.611. The number of Topliss-reactive ketones (excluding diaryl/α,β-unsaturated/α-hetero) is 1. The Bertz CT molecular complexity index is 247. The highest BCUT2D eigenvalue weighted by Gasteiger charge is 2.09. The number of rotatable bonds is 1. The third-order valence-electron chi connectivity index (χ3n) is 1.23. The Morgan fingerprint density at radius 3 is 2.60 bits per heavy atom. The molecule has 0 saturated carbocycles. The van der Waals surface area contributed by atoms with Crippen molar-refractivity contribution >= 4 is 21.7 Å². The number of carbonyl (C=O) groups is 1. The predicted molar refractivity (Wildman–Crippen MR) is 40.9 cm³/mol. The van der Waals surface area contributed by atoms with Crippen molar-refractivity contribution in [3.8, 4) is 0 Å². The summed E-state index contributed by atoms with van der Waals surface area (Å²) in [6, 6.07) is 0. The van der Waals surface area contributed by atoms with Gasteiger partial charge in [0.25, 0.3) is 0 Å². The van der Waals surface area contributed by atoms with Crippen LogP contribution in [-0.4, -0.2) is 15.6 Å². The molecule has 1 rings (SSSR count). The van der Waals surface area contributed by atoms with Crippen molar-refractivity contribution < 1.29 is 4.79 Å². The molecule has 54 valence electrons. The first-order chi connectivity index (χ1) is 4.63. The van der Waals surface area contributed by atoms with Gasteiger partial charge in [0.1, 0.15) is 5.69 Å². The van der Waals surface area contributed by atoms with Crippen LogP contribution in [0, 0.1) is 0 Å². The summed E-state index contributed by atoms with van der Waals surface area (Å²) < 4.78 is 2.30. The summed E-state index contributed by atoms with van der Waals surface area (Å²) in [4.78, 5) is 10.9. The minimum Gasteiger partial charge on any atom is -0.293 e. The maximum Gasteiger partial charge on any atom is 0.178 e. The molecule has 0 amide bonds. The molecule has 0 unspecified atom stereocenters. The molecule has 0 aromatic carbocycles. The zero-order chi connectivity index (χ0) is 7.72. The summed E-state index contributed by atoms with van der Waals surface area (Å²) in [6.07, 6.45) is 1.61. The molecule has 1 aromatic rings. The number of hydrogen-bond donors (Lipinski definition) is 0. The van der Waals surface area contributed by atoms with Gasteiger partial charge in [0.05, 0.1) is 10.7 Å². The lowest BCUT2D eigenvalue weighted by molar-refractivity contribution is 0.100. The van der Waals surface area contributed by atoms with Gasteiger partial charge in [-0.05, 0) is 15.9 Å². The maximum absolute atomic E-state index is 10.9. The van der Waals surface area contributed by atoms with Crippen molar-refractivity contribution in [2.45, 2.75) is 6.92 Å². The van der Waals surface area contributed by atoms with E-state index < -0.39 is 0 Å². The second kappa shape index (κ2) is 2.54. The molecule has 10 heavy (non-hydrogen) atoms. The highest BCUT2D eigenvalue weighted by atomic mass is 79.9. The Morgan fingerprint density at radius 2 is 2.40 bits per heavy atom. The average molecular weight is 203 g/mol. The van der Waals surface area contributed by atoms with E-state index in [-0.39, 0.29) is 5.78 Å². The Labute approximate surface area is 67.2 Å². The Morgan fingerprint density at radius 1 is 1.80 bits per heavy atom. The van der Waals surface area contributed by atoms with E-state index in [0.717, 1.165) is 4.47 Å². The van der Waals surface area contributed by atoms with Crippen LogP contribution in [0.15, 0.2) is 10.7 Å². The lowest BCUT2D eigenvalue weighted by atomic mass is 10.3. The summed E-state index contributed by atoms with van der Waals surface area (Å²) in [7, 11) is 1.74. The van der Waals surface area contributed by atoms with Crippen molar-refractivity contribution in [3.63, 3.8) is 0 Å². The molecule has 0 aliphatic heterocycles. The molecule has 0 N–H and O–H groups in total. The van der Waals surface area contributed by atoms with Gasteiger partial charge in [0.15, 0.2) is 5.78 Å². The second-order valence-corrected chi connectivity index (χ2v) is 2.88. The molecule has 0 saturated heterocycles. The van der Waals surface area contributed by atoms with E-state index in [1.165, 1.54) is 6.92 Å². The van der Waals surface area contributed by atoms with Gasteiger partial charge in [-0.3, -0.25) is 9.48 Å². The van der Waals surface area contributed by atoms with Gasteiger partial charge < -0.3 is 0 Å². The molecule has 4 heteroatoms. The summed E-state index contributed by atoms with van der Waals surface area (Å²) in [5, 5.41) is 3.89. The van der Waals surface area contributed by atoms with Crippen LogP contribution < -0.4 is 0 Å². The van der Waals surface area contributed by atoms with Crippen molar-refractivity contribution in [1.82, 2.24) is 9.78 Å². The third kappa shape index (κ3) is 1.11. The lowest BCUT2D eigenvalue weighted by Crippen LogP contribution is -2.03. The SMILES string of the molecule is CC(=O)c1c(Br)cnn1C. The highest BCUT2D eigenvalue weighted by Crippen LogP contribution is 2.14. The van der Waals surface area contributed by atoms with Crippen molar-refractivity contribution in [1.29, 1.82) is 0 Å². The summed E-state index contributed by atoms with van der Waals surface area (Å²) >= 11 is 3.21. The second-order valence-electron chi connectivity index (χ2n) is 2.02. The first-order valence-corrected chi connectivity index (χ1v) is 3.60. The molecule has 0 spiro atoms. The monoisotopic (exact) mass is 202 g/mol. The number of aromatic nitrogens is 2. The van der Waals surface area contributed by atoms with Gasteiger partial charge in [-0.2, -0.15) is 5.10 Å². The van der Waals surface area contributed by atoms with E-state index in [2.05, 4.69) is 21.0 Å². The molecule has 0 fully saturated rings. The Kier molecular flexibility index (Phi) is 1.89. The molecule has 0 bridgehead atoms. The topological polar surface area (TPSA) is 34.9 Å². The number of ketones is 1. The van der Waals surface area contributed by atoms with E-state index in [4.69, 9.17) is 0 Å². The zero-order valence-corrected chi connectivity index (χ0v) is 7.34. The number of halogens is 1. The Hall–Kier alpha value is -0.640. The minimum absolute atomic E-state index is 0.0203. The minimum atomic E-state index is 0.0203. The summed E-state index contributed by atoms with van der Waals surface area (Å²) in [5.74, 6) is 0.0203. The molecular formula is C6H7BrN2O. The fourth-order valence-corrected chi connectivity index (χ4v) is 1.43. The predicted octanol–water partition coefficient (Wildman–Crippen LogP) is 1.39. The standard InChI is InChI=1S/C6H7BrN2O/c1-4(10)6-5(7)3-8-9(6)2/h3H,1-2H3. The molecule has 3 nitrogen and oxygen atoms in total. The van der Waals surface area contributed by atoms with Gasteiger partial charge in [0, 0.05) is 14.0 Å². The highest BCUT2D eigenvalue weighted by molar-refractivity contribution is 9.10. The van der Waals surface area contributed by atoms with Crippen LogP contribution >= 0.6 is 15.9 Å². The van der Waals surface area contributed by atoms with Gasteiger partial charge in [-0.1, -0.05) is 0 Å². The van der Waals surface area contributed by atoms with Crippen molar-refractivity contribution in [2.24, 2.45) is 7.05 Å². The van der Waals surface area contributed by atoms with Crippen LogP contribution in [0.2, 0.25) is 0 Å². The van der Waals surface area contributed by atoms with Crippen molar-refractivity contribution in [2.75, 3.05) is 0 Å². The first-order valence-electron chi connectivity index (χ1n) is 2.81. The van der Waals surface area contributed by atoms with Crippen LogP contribution in [0.4, 0.5) is 0 Å². The number of carbonyl (C=O) groups excluding carboxylic acids is 1. The molecule has 0 aliphatic carbocycles. The summed E-state index contributed by atoms with van der Waals surface area (Å²) in [6.45, 7) is 1.52. The van der Waals surface area contributed by atoms with E-state index in [1.54, 1.807) is 17.9 Å². The van der Waals surface area contributed by atoms with Crippen molar-refractivity contribution in [3.05, 3.63) is 16.4 Å². The maximum atomic E-state index is 10.9. The van der Waals surface area contributed by atoms with Crippen LogP contribution in [0.5, 0.6) is 0 Å². The van der Waals surface area contributed by atoms with E-state index >= 15 is 0 Å². The van der Waals surface area contributed by atoms with E-state index in [9.17, 15) is 4.79 Å². The van der Waals surface area contributed by atoms with Gasteiger partial charge in [-0.15, -0.1) is 0 Å². The lowest BCUT2D eigenvalue weighted by Gasteiger charge is -1.94. The van der Waals surface area contributed by atoms with Crippen LogP contribution in [-0.2, 0) is 7.05 Å². The smallest absolute Gasteiger partial charge is 0.178 e. The number of aryl methyl sites for hydroxylation is 1. The number of hydrogen-bond acceptors (Lipinski definition) is 2. The molecule has 0 aliphatic rings. The average Bonchev–Trinajstić information content (AvgIpc) is 2.11. The van der Waals surface area contributed by atoms with Crippen LogP contribution in [0.25, 0.3) is 0 Å². The normalized spacial score (nSPS) is 9.90. The molecular weight excluding hydrogens is 196 g/mol. The molecule has 1 aromatic heterocycles. The first kappa shape index (κ1) is 7.47. The largest absolute Gasteiger partial charge is 0.293 e. The van der Waals surface area contributed by atoms with E-state index in [0.29, 0.717) is 5.69 Å². The number of nitrogens with zero attached hydrogens (tertiary/aromatic N) is 2. The molecule has 0 atom stereocenters. The quantitative estimate of drug-likeness (QED) is 0.646. The van der Waals surface area contributed by atoms with Gasteiger partial charge in [-0.25, -0.2) is 0 Å². The zero-order valence-electron chi connectivity index (χ0n) is 5.76. The van der Waals surface area contributed by atoms with Crippen LogP contribution in [0.1, 0.15) is 17.4 Å². The molecule has 1 heterocycles. The molecule has 0 radical (unpaired) electrons.